The number of methoxy groups -OCH3 is 1. The molecule has 0 aliphatic heterocycles. The summed E-state index contributed by atoms with van der Waals surface area (Å²) in [4.78, 5) is 4.48. The molecule has 0 spiro atoms. The van der Waals surface area contributed by atoms with E-state index in [1.807, 2.05) is 30.5 Å². The molecular weight excluding hydrogens is 210 g/mol. The van der Waals surface area contributed by atoms with Gasteiger partial charge in [-0.15, -0.1) is 0 Å². The van der Waals surface area contributed by atoms with Gasteiger partial charge in [-0.1, -0.05) is 19.9 Å². The molecular formula is C15H17NO. The van der Waals surface area contributed by atoms with Gasteiger partial charge < -0.3 is 4.74 Å². The van der Waals surface area contributed by atoms with Crippen LogP contribution in [0.4, 0.5) is 0 Å². The van der Waals surface area contributed by atoms with Crippen molar-refractivity contribution in [2.24, 2.45) is 0 Å². The van der Waals surface area contributed by atoms with E-state index in [1.54, 1.807) is 7.11 Å². The van der Waals surface area contributed by atoms with Gasteiger partial charge in [-0.3, -0.25) is 4.98 Å². The number of pyridine rings is 1. The number of ether oxygens (including phenoxy) is 1. The van der Waals surface area contributed by atoms with Crippen LogP contribution in [0.5, 0.6) is 5.75 Å². The SMILES string of the molecule is COc1ccc(-c2ccc(C(C)C)cn2)cc1. The van der Waals surface area contributed by atoms with E-state index >= 15 is 0 Å². The second-order valence-electron chi connectivity index (χ2n) is 4.36. The van der Waals surface area contributed by atoms with Crippen molar-refractivity contribution in [1.29, 1.82) is 0 Å². The molecule has 1 heterocycles. The number of hydrogen-bond acceptors (Lipinski definition) is 2. The van der Waals surface area contributed by atoms with Gasteiger partial charge in [0.05, 0.1) is 12.8 Å². The summed E-state index contributed by atoms with van der Waals surface area (Å²) in [5, 5.41) is 0. The first kappa shape index (κ1) is 11.6. The Bertz CT molecular complexity index is 471. The minimum atomic E-state index is 0.521. The first-order valence-corrected chi connectivity index (χ1v) is 5.81. The molecule has 0 fully saturated rings. The second-order valence-corrected chi connectivity index (χ2v) is 4.36. The van der Waals surface area contributed by atoms with Crippen LogP contribution in [0.1, 0.15) is 25.3 Å². The lowest BCUT2D eigenvalue weighted by atomic mass is 10.0. The van der Waals surface area contributed by atoms with Gasteiger partial charge in [0.25, 0.3) is 0 Å². The largest absolute Gasteiger partial charge is 0.497 e. The molecule has 0 N–H and O–H groups in total. The van der Waals surface area contributed by atoms with Crippen molar-refractivity contribution in [1.82, 2.24) is 4.98 Å². The molecule has 2 rings (SSSR count). The summed E-state index contributed by atoms with van der Waals surface area (Å²) in [7, 11) is 1.67. The number of rotatable bonds is 3. The predicted molar refractivity (Wildman–Crippen MR) is 70.3 cm³/mol. The molecule has 1 aromatic carbocycles. The van der Waals surface area contributed by atoms with Gasteiger partial charge in [0.1, 0.15) is 5.75 Å². The van der Waals surface area contributed by atoms with E-state index in [4.69, 9.17) is 4.74 Å². The predicted octanol–water partition coefficient (Wildman–Crippen LogP) is 3.88. The van der Waals surface area contributed by atoms with E-state index in [-0.39, 0.29) is 0 Å². The molecule has 0 atom stereocenters. The van der Waals surface area contributed by atoms with Crippen LogP contribution in [0, 0.1) is 0 Å². The number of hydrogen-bond donors (Lipinski definition) is 0. The van der Waals surface area contributed by atoms with Crippen molar-refractivity contribution in [3.8, 4) is 17.0 Å². The Hall–Kier alpha value is -1.83. The number of aromatic nitrogens is 1. The molecule has 17 heavy (non-hydrogen) atoms. The molecule has 0 bridgehead atoms. The lowest BCUT2D eigenvalue weighted by Gasteiger charge is -2.06. The summed E-state index contributed by atoms with van der Waals surface area (Å²) < 4.78 is 5.14. The van der Waals surface area contributed by atoms with E-state index in [9.17, 15) is 0 Å². The molecule has 0 aliphatic carbocycles. The fourth-order valence-electron chi connectivity index (χ4n) is 1.68. The quantitative estimate of drug-likeness (QED) is 0.793. The second kappa shape index (κ2) is 5.00. The van der Waals surface area contributed by atoms with Crippen molar-refractivity contribution in [3.05, 3.63) is 48.2 Å². The summed E-state index contributed by atoms with van der Waals surface area (Å²) in [6.45, 7) is 4.34. The molecule has 2 heteroatoms. The average Bonchev–Trinajstić information content (AvgIpc) is 2.39. The Morgan fingerprint density at radius 2 is 1.71 bits per heavy atom. The van der Waals surface area contributed by atoms with Crippen molar-refractivity contribution in [2.45, 2.75) is 19.8 Å². The topological polar surface area (TPSA) is 22.1 Å². The highest BCUT2D eigenvalue weighted by Gasteiger charge is 2.02. The third-order valence-electron chi connectivity index (χ3n) is 2.84. The Morgan fingerprint density at radius 3 is 2.18 bits per heavy atom. The Labute approximate surface area is 102 Å². The fourth-order valence-corrected chi connectivity index (χ4v) is 1.68. The molecule has 0 unspecified atom stereocenters. The smallest absolute Gasteiger partial charge is 0.118 e. The fraction of sp³-hybridized carbons (Fsp3) is 0.267. The number of nitrogens with zero attached hydrogens (tertiary/aromatic N) is 1. The van der Waals surface area contributed by atoms with Crippen LogP contribution in [0.25, 0.3) is 11.3 Å². The Balaban J connectivity index is 2.26. The third kappa shape index (κ3) is 2.64. The standard InChI is InChI=1S/C15H17NO/c1-11(2)13-6-9-15(16-10-13)12-4-7-14(17-3)8-5-12/h4-11H,1-3H3. The van der Waals surface area contributed by atoms with E-state index in [2.05, 4.69) is 31.0 Å². The maximum Gasteiger partial charge on any atom is 0.118 e. The van der Waals surface area contributed by atoms with Crippen LogP contribution in [-0.4, -0.2) is 12.1 Å². The zero-order valence-corrected chi connectivity index (χ0v) is 10.5. The van der Waals surface area contributed by atoms with E-state index < -0.39 is 0 Å². The van der Waals surface area contributed by atoms with Gasteiger partial charge in [-0.05, 0) is 41.8 Å². The first-order valence-electron chi connectivity index (χ1n) is 5.81. The van der Waals surface area contributed by atoms with Crippen LogP contribution in [0.15, 0.2) is 42.6 Å². The van der Waals surface area contributed by atoms with Crippen LogP contribution in [-0.2, 0) is 0 Å². The molecule has 88 valence electrons. The number of benzene rings is 1. The van der Waals surface area contributed by atoms with Crippen molar-refractivity contribution < 1.29 is 4.74 Å². The van der Waals surface area contributed by atoms with E-state index in [0.29, 0.717) is 5.92 Å². The monoisotopic (exact) mass is 227 g/mol. The Kier molecular flexibility index (Phi) is 3.43. The summed E-state index contributed by atoms with van der Waals surface area (Å²) in [5.74, 6) is 1.39. The van der Waals surface area contributed by atoms with Crippen LogP contribution in [0.2, 0.25) is 0 Å². The lowest BCUT2D eigenvalue weighted by Crippen LogP contribution is -1.90. The maximum atomic E-state index is 5.14. The first-order chi connectivity index (χ1) is 8.20. The molecule has 0 saturated heterocycles. The molecule has 2 aromatic rings. The lowest BCUT2D eigenvalue weighted by molar-refractivity contribution is 0.415. The molecule has 0 amide bonds. The van der Waals surface area contributed by atoms with Gasteiger partial charge in [-0.2, -0.15) is 0 Å². The van der Waals surface area contributed by atoms with Gasteiger partial charge in [-0.25, -0.2) is 0 Å². The molecule has 0 radical (unpaired) electrons. The minimum absolute atomic E-state index is 0.521. The Morgan fingerprint density at radius 1 is 1.00 bits per heavy atom. The molecule has 0 aliphatic rings. The average molecular weight is 227 g/mol. The highest BCUT2D eigenvalue weighted by Crippen LogP contribution is 2.22. The van der Waals surface area contributed by atoms with E-state index in [1.165, 1.54) is 5.56 Å². The van der Waals surface area contributed by atoms with Gasteiger partial charge in [0, 0.05) is 11.8 Å². The minimum Gasteiger partial charge on any atom is -0.497 e. The maximum absolute atomic E-state index is 5.14. The summed E-state index contributed by atoms with van der Waals surface area (Å²) in [5.41, 5.74) is 3.38. The summed E-state index contributed by atoms with van der Waals surface area (Å²) >= 11 is 0. The zero-order valence-electron chi connectivity index (χ0n) is 10.5. The molecule has 1 aromatic heterocycles. The highest BCUT2D eigenvalue weighted by atomic mass is 16.5. The summed E-state index contributed by atoms with van der Waals surface area (Å²) in [6, 6.07) is 12.2. The van der Waals surface area contributed by atoms with Crippen LogP contribution >= 0.6 is 0 Å². The third-order valence-corrected chi connectivity index (χ3v) is 2.84. The van der Waals surface area contributed by atoms with Gasteiger partial charge >= 0.3 is 0 Å². The van der Waals surface area contributed by atoms with Crippen LogP contribution in [0.3, 0.4) is 0 Å². The zero-order chi connectivity index (χ0) is 12.3. The van der Waals surface area contributed by atoms with Crippen LogP contribution < -0.4 is 4.74 Å². The van der Waals surface area contributed by atoms with Crippen molar-refractivity contribution in [2.75, 3.05) is 7.11 Å². The molecule has 2 nitrogen and oxygen atoms in total. The van der Waals surface area contributed by atoms with E-state index in [0.717, 1.165) is 17.0 Å². The summed E-state index contributed by atoms with van der Waals surface area (Å²) in [6.07, 6.45) is 1.95. The highest BCUT2D eigenvalue weighted by molar-refractivity contribution is 5.60. The van der Waals surface area contributed by atoms with Gasteiger partial charge in [0.15, 0.2) is 0 Å². The van der Waals surface area contributed by atoms with Crippen molar-refractivity contribution >= 4 is 0 Å². The van der Waals surface area contributed by atoms with Crippen molar-refractivity contribution in [3.63, 3.8) is 0 Å². The van der Waals surface area contributed by atoms with Gasteiger partial charge in [0.2, 0.25) is 0 Å². The molecule has 0 saturated carbocycles. The normalized spacial score (nSPS) is 10.6.